The predicted molar refractivity (Wildman–Crippen MR) is 61.9 cm³/mol. The van der Waals surface area contributed by atoms with E-state index in [1.165, 1.54) is 32.1 Å². The highest BCUT2D eigenvalue weighted by Crippen LogP contribution is 2.33. The molecule has 0 amide bonds. The molecule has 3 nitrogen and oxygen atoms in total. The Morgan fingerprint density at radius 1 is 1.33 bits per heavy atom. The van der Waals surface area contributed by atoms with Crippen molar-refractivity contribution in [1.82, 2.24) is 4.90 Å². The van der Waals surface area contributed by atoms with Crippen LogP contribution in [0.5, 0.6) is 0 Å². The van der Waals surface area contributed by atoms with Gasteiger partial charge in [0.05, 0.1) is 12.7 Å². The quantitative estimate of drug-likeness (QED) is 0.751. The molecule has 1 unspecified atom stereocenters. The molecule has 1 saturated heterocycles. The molecule has 1 atom stereocenters. The van der Waals surface area contributed by atoms with E-state index in [4.69, 9.17) is 10.5 Å². The van der Waals surface area contributed by atoms with E-state index < -0.39 is 0 Å². The van der Waals surface area contributed by atoms with Gasteiger partial charge < -0.3 is 10.5 Å². The summed E-state index contributed by atoms with van der Waals surface area (Å²) in [5.74, 6) is 0. The Balaban J connectivity index is 2.03. The summed E-state index contributed by atoms with van der Waals surface area (Å²) in [5.41, 5.74) is 6.33. The van der Waals surface area contributed by atoms with Crippen LogP contribution in [0.2, 0.25) is 0 Å². The van der Waals surface area contributed by atoms with E-state index >= 15 is 0 Å². The van der Waals surface area contributed by atoms with Gasteiger partial charge in [-0.25, -0.2) is 0 Å². The summed E-state index contributed by atoms with van der Waals surface area (Å²) in [6.45, 7) is 6.00. The SMILES string of the molecule is CC1CN(C2(CN)CCCCC2)CCO1. The van der Waals surface area contributed by atoms with Gasteiger partial charge in [0, 0.05) is 25.2 Å². The minimum atomic E-state index is 0.302. The molecule has 15 heavy (non-hydrogen) atoms. The predicted octanol–water partition coefficient (Wildman–Crippen LogP) is 1.37. The van der Waals surface area contributed by atoms with Crippen LogP contribution in [0.25, 0.3) is 0 Å². The first kappa shape index (κ1) is 11.4. The third-order valence-electron chi connectivity index (χ3n) is 4.08. The van der Waals surface area contributed by atoms with Crippen molar-refractivity contribution in [2.24, 2.45) is 5.73 Å². The fraction of sp³-hybridized carbons (Fsp3) is 1.00. The molecule has 1 aliphatic carbocycles. The van der Waals surface area contributed by atoms with E-state index in [1.807, 2.05) is 0 Å². The summed E-state index contributed by atoms with van der Waals surface area (Å²) in [7, 11) is 0. The van der Waals surface area contributed by atoms with Crippen molar-refractivity contribution in [2.75, 3.05) is 26.2 Å². The minimum Gasteiger partial charge on any atom is -0.376 e. The minimum absolute atomic E-state index is 0.302. The van der Waals surface area contributed by atoms with Gasteiger partial charge in [-0.15, -0.1) is 0 Å². The molecule has 0 aromatic heterocycles. The summed E-state index contributed by atoms with van der Waals surface area (Å²) < 4.78 is 5.61. The second-order valence-corrected chi connectivity index (χ2v) is 5.12. The van der Waals surface area contributed by atoms with Crippen molar-refractivity contribution in [3.8, 4) is 0 Å². The van der Waals surface area contributed by atoms with E-state index in [2.05, 4.69) is 11.8 Å². The molecule has 1 saturated carbocycles. The average Bonchev–Trinajstić information content (AvgIpc) is 2.30. The zero-order chi connectivity index (χ0) is 10.7. The molecule has 3 heteroatoms. The monoisotopic (exact) mass is 212 g/mol. The summed E-state index contributed by atoms with van der Waals surface area (Å²) >= 11 is 0. The molecule has 88 valence electrons. The lowest BCUT2D eigenvalue weighted by molar-refractivity contribution is -0.0702. The molecule has 2 N–H and O–H groups in total. The Kier molecular flexibility index (Phi) is 3.65. The molecular formula is C12H24N2O. The Morgan fingerprint density at radius 3 is 2.67 bits per heavy atom. The highest BCUT2D eigenvalue weighted by molar-refractivity contribution is 4.95. The van der Waals surface area contributed by atoms with Crippen LogP contribution in [0, 0.1) is 0 Å². The van der Waals surface area contributed by atoms with Crippen LogP contribution in [0.15, 0.2) is 0 Å². The average molecular weight is 212 g/mol. The molecule has 2 fully saturated rings. The van der Waals surface area contributed by atoms with Crippen molar-refractivity contribution in [2.45, 2.75) is 50.7 Å². The van der Waals surface area contributed by atoms with Crippen molar-refractivity contribution >= 4 is 0 Å². The number of rotatable bonds is 2. The van der Waals surface area contributed by atoms with Crippen LogP contribution >= 0.6 is 0 Å². The van der Waals surface area contributed by atoms with Crippen LogP contribution in [0.1, 0.15) is 39.0 Å². The second kappa shape index (κ2) is 4.81. The lowest BCUT2D eigenvalue weighted by Crippen LogP contribution is -2.59. The smallest absolute Gasteiger partial charge is 0.0674 e. The number of morpholine rings is 1. The van der Waals surface area contributed by atoms with E-state index in [0.717, 1.165) is 26.2 Å². The van der Waals surface area contributed by atoms with Crippen molar-refractivity contribution in [3.05, 3.63) is 0 Å². The first-order valence-electron chi connectivity index (χ1n) is 6.33. The summed E-state index contributed by atoms with van der Waals surface area (Å²) in [6.07, 6.45) is 7.05. The molecule has 0 aromatic rings. The van der Waals surface area contributed by atoms with Crippen molar-refractivity contribution in [1.29, 1.82) is 0 Å². The van der Waals surface area contributed by atoms with Crippen LogP contribution in [0.3, 0.4) is 0 Å². The number of ether oxygens (including phenoxy) is 1. The molecule has 0 spiro atoms. The standard InChI is InChI=1S/C12H24N2O/c1-11-9-14(7-8-15-11)12(10-13)5-3-2-4-6-12/h11H,2-10,13H2,1H3. The maximum atomic E-state index is 6.03. The Bertz CT molecular complexity index is 202. The van der Waals surface area contributed by atoms with Gasteiger partial charge >= 0.3 is 0 Å². The Hall–Kier alpha value is -0.120. The topological polar surface area (TPSA) is 38.5 Å². The van der Waals surface area contributed by atoms with Gasteiger partial charge in [0.1, 0.15) is 0 Å². The van der Waals surface area contributed by atoms with Crippen molar-refractivity contribution in [3.63, 3.8) is 0 Å². The van der Waals surface area contributed by atoms with E-state index in [9.17, 15) is 0 Å². The lowest BCUT2D eigenvalue weighted by atomic mass is 9.80. The molecule has 2 rings (SSSR count). The second-order valence-electron chi connectivity index (χ2n) is 5.12. The van der Waals surface area contributed by atoms with Gasteiger partial charge in [-0.2, -0.15) is 0 Å². The molecule has 0 bridgehead atoms. The zero-order valence-corrected chi connectivity index (χ0v) is 9.87. The van der Waals surface area contributed by atoms with Gasteiger partial charge in [-0.05, 0) is 19.8 Å². The van der Waals surface area contributed by atoms with Crippen LogP contribution in [-0.2, 0) is 4.74 Å². The molecular weight excluding hydrogens is 188 g/mol. The molecule has 0 aromatic carbocycles. The van der Waals surface area contributed by atoms with Crippen LogP contribution in [0.4, 0.5) is 0 Å². The molecule has 1 aliphatic heterocycles. The first-order chi connectivity index (χ1) is 7.27. The van der Waals surface area contributed by atoms with Gasteiger partial charge in [0.25, 0.3) is 0 Å². The zero-order valence-electron chi connectivity index (χ0n) is 9.87. The van der Waals surface area contributed by atoms with Crippen LogP contribution < -0.4 is 5.73 Å². The highest BCUT2D eigenvalue weighted by atomic mass is 16.5. The normalized spacial score (nSPS) is 32.8. The number of hydrogen-bond donors (Lipinski definition) is 1. The summed E-state index contributed by atoms with van der Waals surface area (Å²) in [5, 5.41) is 0. The molecule has 0 radical (unpaired) electrons. The maximum Gasteiger partial charge on any atom is 0.0674 e. The van der Waals surface area contributed by atoms with Gasteiger partial charge in [-0.3, -0.25) is 4.90 Å². The summed E-state index contributed by atoms with van der Waals surface area (Å²) in [6, 6.07) is 0. The Morgan fingerprint density at radius 2 is 2.07 bits per heavy atom. The molecule has 2 aliphatic rings. The van der Waals surface area contributed by atoms with Gasteiger partial charge in [0.15, 0.2) is 0 Å². The van der Waals surface area contributed by atoms with E-state index in [-0.39, 0.29) is 0 Å². The fourth-order valence-corrected chi connectivity index (χ4v) is 3.11. The number of nitrogens with two attached hydrogens (primary N) is 1. The number of hydrogen-bond acceptors (Lipinski definition) is 3. The van der Waals surface area contributed by atoms with E-state index in [1.54, 1.807) is 0 Å². The largest absolute Gasteiger partial charge is 0.376 e. The van der Waals surface area contributed by atoms with Gasteiger partial charge in [-0.1, -0.05) is 19.3 Å². The first-order valence-corrected chi connectivity index (χ1v) is 6.33. The summed E-state index contributed by atoms with van der Waals surface area (Å²) in [4.78, 5) is 2.60. The number of nitrogens with zero attached hydrogens (tertiary/aromatic N) is 1. The third kappa shape index (κ3) is 2.35. The molecule has 1 heterocycles. The highest BCUT2D eigenvalue weighted by Gasteiger charge is 2.38. The lowest BCUT2D eigenvalue weighted by Gasteiger charge is -2.48. The third-order valence-corrected chi connectivity index (χ3v) is 4.08. The van der Waals surface area contributed by atoms with Crippen molar-refractivity contribution < 1.29 is 4.74 Å². The fourth-order valence-electron chi connectivity index (χ4n) is 3.11. The van der Waals surface area contributed by atoms with Crippen LogP contribution in [-0.4, -0.2) is 42.8 Å². The van der Waals surface area contributed by atoms with E-state index in [0.29, 0.717) is 11.6 Å². The van der Waals surface area contributed by atoms with Gasteiger partial charge in [0.2, 0.25) is 0 Å². The maximum absolute atomic E-state index is 6.03. The Labute approximate surface area is 93.0 Å².